The van der Waals surface area contributed by atoms with Crippen molar-refractivity contribution in [2.24, 2.45) is 0 Å². The Balaban J connectivity index is 3.31. The van der Waals surface area contributed by atoms with Gasteiger partial charge in [-0.05, 0) is 18.2 Å². The molecule has 0 N–H and O–H groups in total. The lowest BCUT2D eigenvalue weighted by Gasteiger charge is -2.17. The summed E-state index contributed by atoms with van der Waals surface area (Å²) in [7, 11) is -1.36. The number of benzene rings is 1. The zero-order valence-electron chi connectivity index (χ0n) is 10.5. The van der Waals surface area contributed by atoms with Crippen LogP contribution < -0.4 is 4.74 Å². The van der Waals surface area contributed by atoms with E-state index in [1.807, 2.05) is 0 Å². The molecule has 0 amide bonds. The van der Waals surface area contributed by atoms with Gasteiger partial charge in [0.1, 0.15) is 5.75 Å². The maximum Gasteiger partial charge on any atom is 0.341 e. The van der Waals surface area contributed by atoms with E-state index in [1.165, 1.54) is 19.2 Å². The molecule has 0 saturated heterocycles. The van der Waals surface area contributed by atoms with Gasteiger partial charge in [-0.15, -0.1) is 0 Å². The van der Waals surface area contributed by atoms with Crippen molar-refractivity contribution in [2.75, 3.05) is 20.5 Å². The van der Waals surface area contributed by atoms with Crippen LogP contribution in [0, 0.1) is 0 Å². The van der Waals surface area contributed by atoms with E-state index in [1.54, 1.807) is 6.07 Å². The van der Waals surface area contributed by atoms with Gasteiger partial charge in [0.25, 0.3) is 10.1 Å². The minimum Gasteiger partial charge on any atom is -0.496 e. The molecule has 0 aliphatic heterocycles. The Kier molecular flexibility index (Phi) is 5.16. The van der Waals surface area contributed by atoms with Gasteiger partial charge < -0.3 is 9.47 Å². The zero-order valence-corrected chi connectivity index (χ0v) is 12.1. The quantitative estimate of drug-likeness (QED) is 0.606. The molecule has 0 radical (unpaired) electrons. The smallest absolute Gasteiger partial charge is 0.341 e. The van der Waals surface area contributed by atoms with Gasteiger partial charge in [-0.3, -0.25) is 0 Å². The van der Waals surface area contributed by atoms with Gasteiger partial charge in [0.15, 0.2) is 0 Å². The van der Waals surface area contributed by atoms with Crippen molar-refractivity contribution in [1.82, 2.24) is 0 Å². The summed E-state index contributed by atoms with van der Waals surface area (Å²) in [5, 5.41) is 0.307. The van der Waals surface area contributed by atoms with Crippen LogP contribution in [0.2, 0.25) is 5.02 Å². The monoisotopic (exact) mass is 308 g/mol. The maximum atomic E-state index is 11.7. The van der Waals surface area contributed by atoms with Crippen molar-refractivity contribution in [3.05, 3.63) is 28.8 Å². The highest BCUT2D eigenvalue weighted by Gasteiger charge is 2.29. The number of hydrogen-bond donors (Lipinski definition) is 0. The molecule has 0 spiro atoms. The molecule has 8 heteroatoms. The van der Waals surface area contributed by atoms with E-state index in [-0.39, 0.29) is 11.3 Å². The van der Waals surface area contributed by atoms with E-state index >= 15 is 0 Å². The number of esters is 1. The first-order valence-corrected chi connectivity index (χ1v) is 7.27. The van der Waals surface area contributed by atoms with Crippen molar-refractivity contribution in [1.29, 1.82) is 0 Å². The third kappa shape index (κ3) is 4.38. The second-order valence-electron chi connectivity index (χ2n) is 3.59. The van der Waals surface area contributed by atoms with Crippen molar-refractivity contribution >= 4 is 27.7 Å². The lowest BCUT2D eigenvalue weighted by Crippen LogP contribution is -2.21. The van der Waals surface area contributed by atoms with Crippen LogP contribution in [0.25, 0.3) is 0 Å². The number of carbonyl (C=O) groups excluding carboxylic acids is 1. The van der Waals surface area contributed by atoms with E-state index in [0.717, 1.165) is 13.4 Å². The van der Waals surface area contributed by atoms with Crippen LogP contribution >= 0.6 is 11.6 Å². The second kappa shape index (κ2) is 6.23. The summed E-state index contributed by atoms with van der Waals surface area (Å²) < 4.78 is 36.7. The minimum absolute atomic E-state index is 0.173. The maximum absolute atomic E-state index is 11.7. The van der Waals surface area contributed by atoms with Crippen LogP contribution in [0.1, 0.15) is 11.7 Å². The first kappa shape index (κ1) is 15.7. The number of methoxy groups -OCH3 is 2. The van der Waals surface area contributed by atoms with Gasteiger partial charge in [-0.2, -0.15) is 8.42 Å². The molecule has 1 rings (SSSR count). The first-order valence-electron chi connectivity index (χ1n) is 5.08. The van der Waals surface area contributed by atoms with Crippen LogP contribution in [0.3, 0.4) is 0 Å². The zero-order chi connectivity index (χ0) is 14.6. The first-order chi connectivity index (χ1) is 8.78. The molecular weight excluding hydrogens is 296 g/mol. The Hall–Kier alpha value is -1.31. The molecule has 0 aliphatic carbocycles. The van der Waals surface area contributed by atoms with Crippen molar-refractivity contribution in [3.8, 4) is 5.75 Å². The third-order valence-corrected chi connectivity index (χ3v) is 2.94. The minimum atomic E-state index is -3.86. The summed E-state index contributed by atoms with van der Waals surface area (Å²) in [4.78, 5) is 11.7. The second-order valence-corrected chi connectivity index (χ2v) is 5.63. The molecule has 0 aliphatic rings. The fraction of sp³-hybridized carbons (Fsp3) is 0.364. The molecule has 0 heterocycles. The van der Waals surface area contributed by atoms with Gasteiger partial charge in [-0.1, -0.05) is 11.6 Å². The van der Waals surface area contributed by atoms with Crippen LogP contribution in [0.4, 0.5) is 0 Å². The summed E-state index contributed by atoms with van der Waals surface area (Å²) in [5.41, 5.74) is 0.173. The predicted octanol–water partition coefficient (Wildman–Crippen LogP) is 1.54. The van der Waals surface area contributed by atoms with Crippen LogP contribution in [0.5, 0.6) is 5.75 Å². The summed E-state index contributed by atoms with van der Waals surface area (Å²) in [6.45, 7) is 0. The number of carbonyl (C=O) groups is 1. The van der Waals surface area contributed by atoms with Crippen molar-refractivity contribution in [3.63, 3.8) is 0 Å². The van der Waals surface area contributed by atoms with Crippen molar-refractivity contribution in [2.45, 2.75) is 6.10 Å². The largest absolute Gasteiger partial charge is 0.496 e. The van der Waals surface area contributed by atoms with Crippen LogP contribution in [-0.2, 0) is 23.8 Å². The molecule has 106 valence electrons. The highest BCUT2D eigenvalue weighted by molar-refractivity contribution is 7.86. The van der Waals surface area contributed by atoms with Crippen LogP contribution in [0.15, 0.2) is 18.2 Å². The lowest BCUT2D eigenvalue weighted by molar-refractivity contribution is -0.149. The molecular formula is C11H13ClO6S. The van der Waals surface area contributed by atoms with Crippen LogP contribution in [-0.4, -0.2) is 34.9 Å². The van der Waals surface area contributed by atoms with E-state index in [4.69, 9.17) is 20.5 Å². The Morgan fingerprint density at radius 3 is 2.42 bits per heavy atom. The van der Waals surface area contributed by atoms with E-state index in [2.05, 4.69) is 4.74 Å². The van der Waals surface area contributed by atoms with Gasteiger partial charge in [0.05, 0.1) is 20.5 Å². The fourth-order valence-corrected chi connectivity index (χ4v) is 2.12. The highest BCUT2D eigenvalue weighted by atomic mass is 35.5. The summed E-state index contributed by atoms with van der Waals surface area (Å²) in [5.74, 6) is -0.602. The number of halogens is 1. The average molecular weight is 309 g/mol. The highest BCUT2D eigenvalue weighted by Crippen LogP contribution is 2.32. The van der Waals surface area contributed by atoms with Gasteiger partial charge in [0, 0.05) is 10.6 Å². The van der Waals surface area contributed by atoms with Crippen molar-refractivity contribution < 1.29 is 26.9 Å². The van der Waals surface area contributed by atoms with E-state index in [0.29, 0.717) is 5.02 Å². The number of rotatable bonds is 5. The lowest BCUT2D eigenvalue weighted by atomic mass is 10.1. The average Bonchev–Trinajstić information content (AvgIpc) is 2.34. The fourth-order valence-electron chi connectivity index (χ4n) is 1.41. The molecule has 1 unspecified atom stereocenters. The Morgan fingerprint density at radius 2 is 1.95 bits per heavy atom. The van der Waals surface area contributed by atoms with Gasteiger partial charge >= 0.3 is 5.97 Å². The topological polar surface area (TPSA) is 78.9 Å². The number of hydrogen-bond acceptors (Lipinski definition) is 6. The Morgan fingerprint density at radius 1 is 1.32 bits per heavy atom. The van der Waals surface area contributed by atoms with Gasteiger partial charge in [0.2, 0.25) is 6.10 Å². The SMILES string of the molecule is COC(=O)C(OS(C)(=O)=O)c1cc(Cl)ccc1OC. The predicted molar refractivity (Wildman–Crippen MR) is 68.7 cm³/mol. The van der Waals surface area contributed by atoms with E-state index < -0.39 is 22.2 Å². The Bertz CT molecular complexity index is 569. The molecule has 6 nitrogen and oxygen atoms in total. The van der Waals surface area contributed by atoms with Gasteiger partial charge in [-0.25, -0.2) is 8.98 Å². The summed E-state index contributed by atoms with van der Waals surface area (Å²) in [6.07, 6.45) is -0.631. The molecule has 0 bridgehead atoms. The molecule has 1 atom stereocenters. The molecule has 1 aromatic rings. The molecule has 0 saturated carbocycles. The molecule has 0 fully saturated rings. The molecule has 1 aromatic carbocycles. The summed E-state index contributed by atoms with van der Waals surface area (Å²) >= 11 is 5.82. The normalized spacial score (nSPS) is 12.8. The number of ether oxygens (including phenoxy) is 2. The van der Waals surface area contributed by atoms with E-state index in [9.17, 15) is 13.2 Å². The summed E-state index contributed by atoms with van der Waals surface area (Å²) in [6, 6.07) is 4.42. The third-order valence-electron chi connectivity index (χ3n) is 2.16. The standard InChI is InChI=1S/C11H13ClO6S/c1-16-9-5-4-7(12)6-8(9)10(11(13)17-2)18-19(3,14)15/h4-6,10H,1-3H3. The Labute approximate surface area is 116 Å². The molecule has 0 aromatic heterocycles. The molecule has 19 heavy (non-hydrogen) atoms.